The van der Waals surface area contributed by atoms with Crippen LogP contribution in [0.2, 0.25) is 0 Å². The molecular weight excluding hydrogens is 232 g/mol. The van der Waals surface area contributed by atoms with Gasteiger partial charge in [0.25, 0.3) is 0 Å². The van der Waals surface area contributed by atoms with Gasteiger partial charge in [-0.1, -0.05) is 0 Å². The van der Waals surface area contributed by atoms with Crippen LogP contribution in [0.4, 0.5) is 0 Å². The van der Waals surface area contributed by atoms with Gasteiger partial charge in [-0.05, 0) is 18.6 Å². The van der Waals surface area contributed by atoms with Gasteiger partial charge in [0.1, 0.15) is 0 Å². The molecule has 6 heteroatoms. The van der Waals surface area contributed by atoms with Crippen LogP contribution in [0.25, 0.3) is 11.0 Å². The summed E-state index contributed by atoms with van der Waals surface area (Å²) in [6, 6.07) is 4.02. The molecular formula is C12H12N4O2. The van der Waals surface area contributed by atoms with Gasteiger partial charge < -0.3 is 4.74 Å². The van der Waals surface area contributed by atoms with E-state index in [1.807, 2.05) is 17.1 Å². The highest BCUT2D eigenvalue weighted by atomic mass is 16.5. The van der Waals surface area contributed by atoms with Gasteiger partial charge in [0.05, 0.1) is 25.3 Å². The summed E-state index contributed by atoms with van der Waals surface area (Å²) in [7, 11) is 0. The Morgan fingerprint density at radius 1 is 1.39 bits per heavy atom. The second-order valence-electron chi connectivity index (χ2n) is 4.74. The zero-order valence-corrected chi connectivity index (χ0v) is 9.69. The molecule has 2 fully saturated rings. The van der Waals surface area contributed by atoms with E-state index < -0.39 is 0 Å². The van der Waals surface area contributed by atoms with Gasteiger partial charge in [0, 0.05) is 17.8 Å². The maximum absolute atomic E-state index is 12.0. The maximum atomic E-state index is 12.0. The second kappa shape index (κ2) is 3.52. The van der Waals surface area contributed by atoms with E-state index >= 15 is 0 Å². The lowest BCUT2D eigenvalue weighted by molar-refractivity contribution is 0.0908. The van der Waals surface area contributed by atoms with Crippen molar-refractivity contribution in [3.8, 4) is 0 Å². The van der Waals surface area contributed by atoms with Crippen LogP contribution >= 0.6 is 0 Å². The van der Waals surface area contributed by atoms with Crippen molar-refractivity contribution in [1.82, 2.24) is 14.6 Å². The molecule has 2 aromatic heterocycles. The predicted octanol–water partition coefficient (Wildman–Crippen LogP) is -0.0994. The van der Waals surface area contributed by atoms with Crippen molar-refractivity contribution in [2.45, 2.75) is 18.6 Å². The molecule has 2 aromatic rings. The number of hydrogen-bond acceptors (Lipinski definition) is 5. The van der Waals surface area contributed by atoms with Gasteiger partial charge in [-0.3, -0.25) is 5.01 Å². The predicted molar refractivity (Wildman–Crippen MR) is 65.0 cm³/mol. The summed E-state index contributed by atoms with van der Waals surface area (Å²) in [6.45, 7) is 1.42. The molecule has 4 rings (SSSR count). The van der Waals surface area contributed by atoms with Gasteiger partial charge in [-0.25, -0.2) is 9.78 Å². The Bertz CT molecular complexity index is 668. The Kier molecular flexibility index (Phi) is 1.96. The summed E-state index contributed by atoms with van der Waals surface area (Å²) in [5.41, 5.74) is 0.402. The van der Waals surface area contributed by atoms with E-state index in [0.717, 1.165) is 18.4 Å². The highest BCUT2D eigenvalue weighted by molar-refractivity contribution is 5.73. The molecule has 0 saturated carbocycles. The van der Waals surface area contributed by atoms with E-state index in [2.05, 4.69) is 9.97 Å². The SMILES string of the molecule is O=c1ncc2cccnc2n1N1C[C@@H]2C[C@H]1CO2. The van der Waals surface area contributed by atoms with Crippen LogP contribution in [0.3, 0.4) is 0 Å². The highest BCUT2D eigenvalue weighted by Crippen LogP contribution is 2.26. The average Bonchev–Trinajstić information content (AvgIpc) is 3.01. The molecule has 2 saturated heterocycles. The fourth-order valence-corrected chi connectivity index (χ4v) is 2.81. The number of rotatable bonds is 1. The first-order chi connectivity index (χ1) is 8.83. The number of ether oxygens (including phenoxy) is 1. The lowest BCUT2D eigenvalue weighted by Crippen LogP contribution is -2.50. The quantitative estimate of drug-likeness (QED) is 0.701. The van der Waals surface area contributed by atoms with Crippen molar-refractivity contribution in [2.75, 3.05) is 18.2 Å². The standard InChI is InChI=1S/C12H12N4O2/c17-12-14-5-8-2-1-3-13-11(8)16(12)15-6-10-4-9(15)7-18-10/h1-3,5,9-10H,4,6-7H2/t9-,10-/m0/s1. The van der Waals surface area contributed by atoms with Crippen LogP contribution in [-0.2, 0) is 4.74 Å². The summed E-state index contributed by atoms with van der Waals surface area (Å²) in [4.78, 5) is 20.3. The molecule has 2 aliphatic heterocycles. The van der Waals surface area contributed by atoms with E-state index in [-0.39, 0.29) is 17.8 Å². The van der Waals surface area contributed by atoms with E-state index in [1.54, 1.807) is 17.1 Å². The first-order valence-corrected chi connectivity index (χ1v) is 6.04. The van der Waals surface area contributed by atoms with Crippen molar-refractivity contribution in [3.63, 3.8) is 0 Å². The molecule has 2 atom stereocenters. The van der Waals surface area contributed by atoms with Crippen molar-refractivity contribution < 1.29 is 4.74 Å². The Hall–Kier alpha value is -1.95. The molecule has 0 unspecified atom stereocenters. The Morgan fingerprint density at radius 3 is 3.11 bits per heavy atom. The van der Waals surface area contributed by atoms with E-state index in [0.29, 0.717) is 12.3 Å². The number of aromatic nitrogens is 3. The lowest BCUT2D eigenvalue weighted by atomic mass is 10.2. The topological polar surface area (TPSA) is 60.2 Å². The fraction of sp³-hybridized carbons (Fsp3) is 0.417. The Labute approximate surface area is 103 Å². The molecule has 0 N–H and O–H groups in total. The highest BCUT2D eigenvalue weighted by Gasteiger charge is 2.40. The minimum atomic E-state index is -0.270. The van der Waals surface area contributed by atoms with Crippen LogP contribution in [0, 0.1) is 0 Å². The van der Waals surface area contributed by atoms with Crippen LogP contribution in [0.5, 0.6) is 0 Å². The number of fused-ring (bicyclic) bond motifs is 3. The van der Waals surface area contributed by atoms with Crippen LogP contribution in [0.15, 0.2) is 29.3 Å². The molecule has 2 aliphatic rings. The van der Waals surface area contributed by atoms with E-state index in [4.69, 9.17) is 4.74 Å². The fourth-order valence-electron chi connectivity index (χ4n) is 2.81. The molecule has 4 heterocycles. The van der Waals surface area contributed by atoms with Gasteiger partial charge in [-0.2, -0.15) is 9.66 Å². The van der Waals surface area contributed by atoms with Crippen molar-refractivity contribution in [3.05, 3.63) is 35.0 Å². The first-order valence-electron chi connectivity index (χ1n) is 6.04. The molecule has 0 radical (unpaired) electrons. The van der Waals surface area contributed by atoms with Crippen molar-refractivity contribution >= 4 is 11.0 Å². The first kappa shape index (κ1) is 10.0. The van der Waals surface area contributed by atoms with Crippen LogP contribution in [0.1, 0.15) is 6.42 Å². The zero-order valence-electron chi connectivity index (χ0n) is 9.69. The van der Waals surface area contributed by atoms with E-state index in [1.165, 1.54) is 0 Å². The largest absolute Gasteiger partial charge is 0.374 e. The smallest absolute Gasteiger partial charge is 0.368 e. The molecule has 0 aromatic carbocycles. The number of hydrogen-bond donors (Lipinski definition) is 0. The summed E-state index contributed by atoms with van der Waals surface area (Å²) < 4.78 is 7.16. The third-order valence-electron chi connectivity index (χ3n) is 3.64. The maximum Gasteiger partial charge on any atom is 0.368 e. The number of morpholine rings is 1. The molecule has 18 heavy (non-hydrogen) atoms. The van der Waals surface area contributed by atoms with Crippen molar-refractivity contribution in [1.29, 1.82) is 0 Å². The molecule has 0 spiro atoms. The Morgan fingerprint density at radius 2 is 2.33 bits per heavy atom. The lowest BCUT2D eigenvalue weighted by Gasteiger charge is -2.30. The summed E-state index contributed by atoms with van der Waals surface area (Å²) in [5.74, 6) is 0. The third-order valence-corrected chi connectivity index (χ3v) is 3.64. The molecule has 2 bridgehead atoms. The van der Waals surface area contributed by atoms with E-state index in [9.17, 15) is 4.79 Å². The summed E-state index contributed by atoms with van der Waals surface area (Å²) in [6.07, 6.45) is 4.49. The van der Waals surface area contributed by atoms with Crippen LogP contribution < -0.4 is 10.7 Å². The average molecular weight is 244 g/mol. The minimum Gasteiger partial charge on any atom is -0.374 e. The van der Waals surface area contributed by atoms with Crippen molar-refractivity contribution in [2.24, 2.45) is 0 Å². The molecule has 0 amide bonds. The Balaban J connectivity index is 1.94. The molecule has 6 nitrogen and oxygen atoms in total. The minimum absolute atomic E-state index is 0.237. The molecule has 92 valence electrons. The van der Waals surface area contributed by atoms with Gasteiger partial charge >= 0.3 is 5.69 Å². The van der Waals surface area contributed by atoms with Gasteiger partial charge in [-0.15, -0.1) is 0 Å². The number of nitrogens with zero attached hydrogens (tertiary/aromatic N) is 4. The summed E-state index contributed by atoms with van der Waals surface area (Å²) in [5, 5.41) is 2.92. The van der Waals surface area contributed by atoms with Gasteiger partial charge in [0.15, 0.2) is 5.65 Å². The molecule has 0 aliphatic carbocycles. The number of pyridine rings is 1. The monoisotopic (exact) mass is 244 g/mol. The van der Waals surface area contributed by atoms with Crippen LogP contribution in [-0.4, -0.2) is 39.9 Å². The normalized spacial score (nSPS) is 26.1. The second-order valence-corrected chi connectivity index (χ2v) is 4.74. The zero-order chi connectivity index (χ0) is 12.1. The third kappa shape index (κ3) is 1.29. The van der Waals surface area contributed by atoms with Gasteiger partial charge in [0.2, 0.25) is 0 Å². The summed E-state index contributed by atoms with van der Waals surface area (Å²) >= 11 is 0.